The summed E-state index contributed by atoms with van der Waals surface area (Å²) in [5, 5.41) is 0. The van der Waals surface area contributed by atoms with Crippen molar-refractivity contribution >= 4 is 24.0 Å². The number of carbonyl (C=O) groups is 1. The van der Waals surface area contributed by atoms with Gasteiger partial charge in [0.05, 0.1) is 12.3 Å². The minimum absolute atomic E-state index is 0. The summed E-state index contributed by atoms with van der Waals surface area (Å²) in [6, 6.07) is 6.06. The highest BCUT2D eigenvalue weighted by molar-refractivity contribution is 5.95. The van der Waals surface area contributed by atoms with E-state index in [-0.39, 0.29) is 24.4 Å². The normalized spacial score (nSPS) is 16.1. The van der Waals surface area contributed by atoms with Gasteiger partial charge in [-0.2, -0.15) is 0 Å². The molecule has 0 spiro atoms. The summed E-state index contributed by atoms with van der Waals surface area (Å²) in [4.78, 5) is 25.1. The van der Waals surface area contributed by atoms with E-state index in [2.05, 4.69) is 41.7 Å². The number of imidazole rings is 1. The van der Waals surface area contributed by atoms with E-state index in [4.69, 9.17) is 9.72 Å². The lowest BCUT2D eigenvalue weighted by Crippen LogP contribution is -2.45. The first-order valence-corrected chi connectivity index (χ1v) is 11.4. The van der Waals surface area contributed by atoms with Gasteiger partial charge in [-0.3, -0.25) is 4.79 Å². The summed E-state index contributed by atoms with van der Waals surface area (Å²) in [5.41, 5.74) is 5.82. The molecule has 7 heteroatoms. The number of pyridine rings is 2. The third kappa shape index (κ3) is 4.75. The van der Waals surface area contributed by atoms with Crippen LogP contribution in [0.1, 0.15) is 66.1 Å². The van der Waals surface area contributed by atoms with E-state index in [9.17, 15) is 4.79 Å². The fourth-order valence-electron chi connectivity index (χ4n) is 4.39. The fraction of sp³-hybridized carbons (Fsp3) is 0.480. The van der Waals surface area contributed by atoms with E-state index in [0.717, 1.165) is 55.7 Å². The molecule has 1 fully saturated rings. The lowest BCUT2D eigenvalue weighted by Gasteiger charge is -2.35. The Bertz CT molecular complexity index is 1090. The zero-order valence-electron chi connectivity index (χ0n) is 19.4. The number of aryl methyl sites for hydroxylation is 3. The van der Waals surface area contributed by atoms with Crippen LogP contribution in [0.15, 0.2) is 30.6 Å². The Hall–Kier alpha value is -2.60. The van der Waals surface area contributed by atoms with Crippen LogP contribution in [-0.4, -0.2) is 44.4 Å². The van der Waals surface area contributed by atoms with E-state index in [1.54, 1.807) is 0 Å². The van der Waals surface area contributed by atoms with Gasteiger partial charge in [-0.15, -0.1) is 12.4 Å². The molecular weight excluding hydrogens is 424 g/mol. The van der Waals surface area contributed by atoms with Crippen LogP contribution in [-0.2, 0) is 12.8 Å². The molecule has 1 saturated heterocycles. The van der Waals surface area contributed by atoms with Crippen molar-refractivity contribution in [3.05, 3.63) is 58.8 Å². The molecule has 1 atom stereocenters. The first-order chi connectivity index (χ1) is 15.0. The zero-order valence-corrected chi connectivity index (χ0v) is 20.2. The molecule has 6 nitrogen and oxygen atoms in total. The first kappa shape index (κ1) is 24.1. The molecule has 3 aromatic rings. The topological polar surface area (TPSA) is 59.7 Å². The first-order valence-electron chi connectivity index (χ1n) is 11.4. The maximum Gasteiger partial charge on any atom is 0.276 e. The third-order valence-corrected chi connectivity index (χ3v) is 6.31. The SMILES string of the molecule is CCOc1ccc(CC)nc1C(=O)N1CCCCC1Cc1cn2ccc(C)c(C)c2n1.Cl. The van der Waals surface area contributed by atoms with Crippen LogP contribution >= 0.6 is 12.4 Å². The van der Waals surface area contributed by atoms with Crippen molar-refractivity contribution in [1.82, 2.24) is 19.3 Å². The molecule has 0 radical (unpaired) electrons. The van der Waals surface area contributed by atoms with E-state index in [1.807, 2.05) is 30.9 Å². The molecule has 1 aliphatic heterocycles. The molecular formula is C25H33ClN4O2. The van der Waals surface area contributed by atoms with Gasteiger partial charge in [0, 0.05) is 37.1 Å². The number of amides is 1. The number of hydrogen-bond donors (Lipinski definition) is 0. The van der Waals surface area contributed by atoms with E-state index >= 15 is 0 Å². The van der Waals surface area contributed by atoms with Crippen molar-refractivity contribution in [2.45, 2.75) is 65.8 Å². The highest BCUT2D eigenvalue weighted by atomic mass is 35.5. The number of aromatic nitrogens is 3. The van der Waals surface area contributed by atoms with Gasteiger partial charge in [0.25, 0.3) is 5.91 Å². The smallest absolute Gasteiger partial charge is 0.276 e. The maximum atomic E-state index is 13.6. The molecule has 0 aromatic carbocycles. The Kier molecular flexibility index (Phi) is 7.77. The molecule has 1 unspecified atom stereocenters. The molecule has 4 heterocycles. The molecule has 172 valence electrons. The fourth-order valence-corrected chi connectivity index (χ4v) is 4.39. The number of nitrogens with zero attached hydrogens (tertiary/aromatic N) is 4. The monoisotopic (exact) mass is 456 g/mol. The molecule has 3 aromatic heterocycles. The van der Waals surface area contributed by atoms with Crippen molar-refractivity contribution < 1.29 is 9.53 Å². The number of piperidine rings is 1. The predicted octanol–water partition coefficient (Wildman–Crippen LogP) is 4.97. The number of hydrogen-bond acceptors (Lipinski definition) is 4. The lowest BCUT2D eigenvalue weighted by atomic mass is 9.97. The molecule has 1 amide bonds. The van der Waals surface area contributed by atoms with Crippen LogP contribution in [0.2, 0.25) is 0 Å². The second kappa shape index (κ2) is 10.3. The van der Waals surface area contributed by atoms with Gasteiger partial charge in [0.15, 0.2) is 11.4 Å². The standard InChI is InChI=1S/C25H32N4O2.ClH/c1-5-19-10-11-22(31-6-2)23(26-19)25(30)29-13-8-7-9-21(29)15-20-16-28-14-12-17(3)18(4)24(28)27-20;/h10-12,14,16,21H,5-9,13,15H2,1-4H3;1H. The van der Waals surface area contributed by atoms with Crippen LogP contribution in [0.25, 0.3) is 5.65 Å². The highest BCUT2D eigenvalue weighted by Gasteiger charge is 2.31. The summed E-state index contributed by atoms with van der Waals surface area (Å²) in [6.45, 7) is 9.46. The number of fused-ring (bicyclic) bond motifs is 1. The molecule has 0 bridgehead atoms. The minimum Gasteiger partial charge on any atom is -0.491 e. The molecule has 4 rings (SSSR count). The van der Waals surface area contributed by atoms with Crippen LogP contribution in [0.3, 0.4) is 0 Å². The van der Waals surface area contributed by atoms with Crippen molar-refractivity contribution in [1.29, 1.82) is 0 Å². The van der Waals surface area contributed by atoms with E-state index in [1.165, 1.54) is 11.1 Å². The van der Waals surface area contributed by atoms with Crippen molar-refractivity contribution in [3.8, 4) is 5.75 Å². The Morgan fingerprint density at radius 3 is 2.69 bits per heavy atom. The van der Waals surface area contributed by atoms with Gasteiger partial charge in [-0.05, 0) is 75.8 Å². The van der Waals surface area contributed by atoms with E-state index < -0.39 is 0 Å². The Labute approximate surface area is 196 Å². The average Bonchev–Trinajstić information content (AvgIpc) is 3.20. The van der Waals surface area contributed by atoms with Crippen LogP contribution in [0, 0.1) is 13.8 Å². The highest BCUT2D eigenvalue weighted by Crippen LogP contribution is 2.26. The number of halogens is 1. The predicted molar refractivity (Wildman–Crippen MR) is 129 cm³/mol. The summed E-state index contributed by atoms with van der Waals surface area (Å²) in [7, 11) is 0. The van der Waals surface area contributed by atoms with Gasteiger partial charge in [0.1, 0.15) is 5.65 Å². The second-order valence-corrected chi connectivity index (χ2v) is 8.38. The largest absolute Gasteiger partial charge is 0.491 e. The molecule has 32 heavy (non-hydrogen) atoms. The maximum absolute atomic E-state index is 13.6. The molecule has 0 saturated carbocycles. The Morgan fingerprint density at radius 2 is 1.94 bits per heavy atom. The van der Waals surface area contributed by atoms with Gasteiger partial charge >= 0.3 is 0 Å². The number of ether oxygens (including phenoxy) is 1. The van der Waals surface area contributed by atoms with Gasteiger partial charge in [-0.25, -0.2) is 9.97 Å². The number of likely N-dealkylation sites (tertiary alicyclic amines) is 1. The number of carbonyl (C=O) groups excluding carboxylic acids is 1. The lowest BCUT2D eigenvalue weighted by molar-refractivity contribution is 0.0601. The summed E-state index contributed by atoms with van der Waals surface area (Å²) < 4.78 is 7.83. The van der Waals surface area contributed by atoms with Gasteiger partial charge in [0.2, 0.25) is 0 Å². The summed E-state index contributed by atoms with van der Waals surface area (Å²) >= 11 is 0. The zero-order chi connectivity index (χ0) is 22.0. The summed E-state index contributed by atoms with van der Waals surface area (Å²) in [6.07, 6.45) is 8.82. The van der Waals surface area contributed by atoms with Gasteiger partial charge in [-0.1, -0.05) is 6.92 Å². The van der Waals surface area contributed by atoms with Crippen molar-refractivity contribution in [2.75, 3.05) is 13.2 Å². The second-order valence-electron chi connectivity index (χ2n) is 8.38. The number of rotatable bonds is 6. The van der Waals surface area contributed by atoms with Gasteiger partial charge < -0.3 is 14.0 Å². The van der Waals surface area contributed by atoms with Crippen LogP contribution in [0.5, 0.6) is 5.75 Å². The van der Waals surface area contributed by atoms with Crippen LogP contribution in [0.4, 0.5) is 0 Å². The Balaban J connectivity index is 0.00000289. The van der Waals surface area contributed by atoms with Crippen molar-refractivity contribution in [2.24, 2.45) is 0 Å². The quantitative estimate of drug-likeness (QED) is 0.525. The van der Waals surface area contributed by atoms with Crippen LogP contribution < -0.4 is 4.74 Å². The molecule has 1 aliphatic rings. The van der Waals surface area contributed by atoms with Crippen molar-refractivity contribution in [3.63, 3.8) is 0 Å². The third-order valence-electron chi connectivity index (χ3n) is 6.31. The van der Waals surface area contributed by atoms with E-state index in [0.29, 0.717) is 18.1 Å². The molecule has 0 aliphatic carbocycles. The Morgan fingerprint density at radius 1 is 1.12 bits per heavy atom. The summed E-state index contributed by atoms with van der Waals surface area (Å²) in [5.74, 6) is 0.548. The minimum atomic E-state index is -0.0285. The molecule has 0 N–H and O–H groups in total. The average molecular weight is 457 g/mol.